The molecule has 1 aliphatic rings. The number of benzene rings is 2. The van der Waals surface area contributed by atoms with Gasteiger partial charge in [0.05, 0.1) is 23.3 Å². The van der Waals surface area contributed by atoms with Gasteiger partial charge in [0.2, 0.25) is 11.9 Å². The Morgan fingerprint density at radius 2 is 2.06 bits per heavy atom. The summed E-state index contributed by atoms with van der Waals surface area (Å²) in [5.74, 6) is 0.119. The summed E-state index contributed by atoms with van der Waals surface area (Å²) in [6.07, 6.45) is 3.03. The number of likely N-dealkylation sites (tertiary alicyclic amines) is 1. The number of ether oxygens (including phenoxy) is 1. The van der Waals surface area contributed by atoms with E-state index in [1.54, 1.807) is 25.4 Å². The summed E-state index contributed by atoms with van der Waals surface area (Å²) >= 11 is 5.86. The number of amides is 1. The standard InChI is InChI=1S/C24H28ClFN6O2/c1-31(2)24(22(27)33)7-9-32(10-8-24)14-16-11-15-13-28-23(30-19(15)12-20(16)34-3)29-18-6-4-5-17(25)21(18)26/h4-6,11-13H,7-10,14H2,1-3H3,(H2,27,33)(H,28,29,30). The van der Waals surface area contributed by atoms with Gasteiger partial charge in [0, 0.05) is 42.8 Å². The molecule has 1 saturated heterocycles. The molecule has 0 bridgehead atoms. The highest BCUT2D eigenvalue weighted by atomic mass is 35.5. The van der Waals surface area contributed by atoms with Gasteiger partial charge in [0.15, 0.2) is 5.82 Å². The molecule has 1 aliphatic heterocycles. The number of carbonyl (C=O) groups excluding carboxylic acids is 1. The number of primary amides is 1. The van der Waals surface area contributed by atoms with Crippen LogP contribution in [-0.4, -0.2) is 65.5 Å². The van der Waals surface area contributed by atoms with Crippen molar-refractivity contribution < 1.29 is 13.9 Å². The number of aromatic nitrogens is 2. The van der Waals surface area contributed by atoms with Gasteiger partial charge in [0.1, 0.15) is 11.3 Å². The van der Waals surface area contributed by atoms with Crippen LogP contribution in [0.15, 0.2) is 36.5 Å². The summed E-state index contributed by atoms with van der Waals surface area (Å²) in [5, 5.41) is 3.74. The SMILES string of the molecule is COc1cc2nc(Nc3cccc(Cl)c3F)ncc2cc1CN1CCC(C(N)=O)(N(C)C)CC1. The lowest BCUT2D eigenvalue weighted by Crippen LogP contribution is -2.59. The van der Waals surface area contributed by atoms with Crippen LogP contribution in [0.1, 0.15) is 18.4 Å². The van der Waals surface area contributed by atoms with Crippen molar-refractivity contribution in [3.63, 3.8) is 0 Å². The minimum absolute atomic E-state index is 0.0217. The molecule has 180 valence electrons. The van der Waals surface area contributed by atoms with Gasteiger partial charge < -0.3 is 15.8 Å². The molecule has 0 saturated carbocycles. The van der Waals surface area contributed by atoms with Crippen LogP contribution >= 0.6 is 11.6 Å². The molecule has 0 unspecified atom stereocenters. The molecule has 0 spiro atoms. The minimum atomic E-state index is -0.607. The summed E-state index contributed by atoms with van der Waals surface area (Å²) in [7, 11) is 5.42. The molecule has 10 heteroatoms. The highest BCUT2D eigenvalue weighted by molar-refractivity contribution is 6.31. The summed E-state index contributed by atoms with van der Waals surface area (Å²) in [6, 6.07) is 8.55. The molecule has 8 nitrogen and oxygen atoms in total. The van der Waals surface area contributed by atoms with Gasteiger partial charge in [-0.05, 0) is 45.1 Å². The molecule has 1 aromatic heterocycles. The van der Waals surface area contributed by atoms with Crippen molar-refractivity contribution in [2.24, 2.45) is 5.73 Å². The number of nitrogens with zero attached hydrogens (tertiary/aromatic N) is 4. The van der Waals surface area contributed by atoms with Gasteiger partial charge in [-0.1, -0.05) is 17.7 Å². The highest BCUT2D eigenvalue weighted by Crippen LogP contribution is 2.31. The van der Waals surface area contributed by atoms with E-state index in [1.165, 1.54) is 6.07 Å². The first kappa shape index (κ1) is 24.1. The molecule has 0 atom stereocenters. The number of fused-ring (bicyclic) bond motifs is 1. The van der Waals surface area contributed by atoms with Crippen LogP contribution in [0.4, 0.5) is 16.0 Å². The number of carbonyl (C=O) groups is 1. The zero-order valence-electron chi connectivity index (χ0n) is 19.4. The lowest BCUT2D eigenvalue weighted by molar-refractivity contribution is -0.131. The third kappa shape index (κ3) is 4.64. The normalized spacial score (nSPS) is 16.1. The maximum absolute atomic E-state index is 14.2. The van der Waals surface area contributed by atoms with E-state index < -0.39 is 11.4 Å². The molecular formula is C24H28ClFN6O2. The third-order valence-corrected chi connectivity index (χ3v) is 6.86. The molecule has 2 heterocycles. The van der Waals surface area contributed by atoms with Crippen LogP contribution in [0, 0.1) is 5.82 Å². The van der Waals surface area contributed by atoms with Crippen molar-refractivity contribution in [2.45, 2.75) is 24.9 Å². The van der Waals surface area contributed by atoms with Crippen molar-refractivity contribution in [1.29, 1.82) is 0 Å². The maximum Gasteiger partial charge on any atom is 0.238 e. The summed E-state index contributed by atoms with van der Waals surface area (Å²) in [5.41, 5.74) is 6.97. The molecule has 3 N–H and O–H groups in total. The first-order valence-corrected chi connectivity index (χ1v) is 11.4. The number of hydrogen-bond acceptors (Lipinski definition) is 7. The fraction of sp³-hybridized carbons (Fsp3) is 0.375. The van der Waals surface area contributed by atoms with Crippen LogP contribution in [0.5, 0.6) is 5.75 Å². The van der Waals surface area contributed by atoms with Gasteiger partial charge in [0.25, 0.3) is 0 Å². The second kappa shape index (κ2) is 9.69. The first-order valence-electron chi connectivity index (χ1n) is 11.0. The van der Waals surface area contributed by atoms with E-state index in [-0.39, 0.29) is 22.6 Å². The molecule has 1 amide bonds. The summed E-state index contributed by atoms with van der Waals surface area (Å²) in [6.45, 7) is 2.15. The van der Waals surface area contributed by atoms with E-state index in [1.807, 2.05) is 31.1 Å². The third-order valence-electron chi connectivity index (χ3n) is 6.57. The predicted octanol–water partition coefficient (Wildman–Crippen LogP) is 3.56. The average Bonchev–Trinajstić information content (AvgIpc) is 2.82. The number of methoxy groups -OCH3 is 1. The monoisotopic (exact) mass is 486 g/mol. The molecule has 3 aromatic rings. The zero-order chi connectivity index (χ0) is 24.5. The molecular weight excluding hydrogens is 459 g/mol. The van der Waals surface area contributed by atoms with E-state index in [9.17, 15) is 9.18 Å². The van der Waals surface area contributed by atoms with Gasteiger partial charge in [-0.25, -0.2) is 14.4 Å². The number of piperidine rings is 1. The molecule has 34 heavy (non-hydrogen) atoms. The highest BCUT2D eigenvalue weighted by Gasteiger charge is 2.41. The van der Waals surface area contributed by atoms with Crippen LogP contribution in [0.2, 0.25) is 5.02 Å². The van der Waals surface area contributed by atoms with Gasteiger partial charge >= 0.3 is 0 Å². The van der Waals surface area contributed by atoms with Crippen molar-refractivity contribution in [3.8, 4) is 5.75 Å². The van der Waals surface area contributed by atoms with Gasteiger partial charge in [-0.2, -0.15) is 0 Å². The number of likely N-dealkylation sites (N-methyl/N-ethyl adjacent to an activating group) is 1. The lowest BCUT2D eigenvalue weighted by atomic mass is 9.85. The van der Waals surface area contributed by atoms with Crippen LogP contribution in [0.3, 0.4) is 0 Å². The smallest absolute Gasteiger partial charge is 0.238 e. The number of halogens is 2. The second-order valence-electron chi connectivity index (χ2n) is 8.71. The van der Waals surface area contributed by atoms with E-state index in [0.29, 0.717) is 30.7 Å². The van der Waals surface area contributed by atoms with Crippen molar-refractivity contribution >= 4 is 40.0 Å². The Balaban J connectivity index is 1.54. The van der Waals surface area contributed by atoms with E-state index >= 15 is 0 Å². The number of hydrogen-bond donors (Lipinski definition) is 2. The fourth-order valence-electron chi connectivity index (χ4n) is 4.44. The van der Waals surface area contributed by atoms with Crippen LogP contribution < -0.4 is 15.8 Å². The van der Waals surface area contributed by atoms with Gasteiger partial charge in [-0.15, -0.1) is 0 Å². The van der Waals surface area contributed by atoms with Crippen LogP contribution in [-0.2, 0) is 11.3 Å². The summed E-state index contributed by atoms with van der Waals surface area (Å²) in [4.78, 5) is 25.2. The zero-order valence-corrected chi connectivity index (χ0v) is 20.2. The quantitative estimate of drug-likeness (QED) is 0.527. The van der Waals surface area contributed by atoms with Crippen molar-refractivity contribution in [1.82, 2.24) is 19.8 Å². The van der Waals surface area contributed by atoms with Crippen molar-refractivity contribution in [2.75, 3.05) is 39.6 Å². The molecule has 2 aromatic carbocycles. The molecule has 4 rings (SSSR count). The van der Waals surface area contributed by atoms with Crippen LogP contribution in [0.25, 0.3) is 10.9 Å². The molecule has 0 radical (unpaired) electrons. The number of nitrogens with two attached hydrogens (primary N) is 1. The number of rotatable bonds is 7. The predicted molar refractivity (Wildman–Crippen MR) is 131 cm³/mol. The average molecular weight is 487 g/mol. The summed E-state index contributed by atoms with van der Waals surface area (Å²) < 4.78 is 19.9. The largest absolute Gasteiger partial charge is 0.496 e. The Morgan fingerprint density at radius 1 is 1.32 bits per heavy atom. The molecule has 1 fully saturated rings. The molecule has 0 aliphatic carbocycles. The topological polar surface area (TPSA) is 96.6 Å². The number of anilines is 2. The Kier molecular flexibility index (Phi) is 6.88. The Labute approximate surface area is 202 Å². The van der Waals surface area contributed by atoms with E-state index in [2.05, 4.69) is 20.2 Å². The maximum atomic E-state index is 14.2. The Bertz CT molecular complexity index is 1210. The fourth-order valence-corrected chi connectivity index (χ4v) is 4.61. The minimum Gasteiger partial charge on any atom is -0.496 e. The lowest BCUT2D eigenvalue weighted by Gasteiger charge is -2.43. The van der Waals surface area contributed by atoms with Gasteiger partial charge in [-0.3, -0.25) is 14.6 Å². The second-order valence-corrected chi connectivity index (χ2v) is 9.12. The Hall–Kier alpha value is -3.01. The first-order chi connectivity index (χ1) is 16.2. The Morgan fingerprint density at radius 3 is 2.71 bits per heavy atom. The van der Waals surface area contributed by atoms with Crippen molar-refractivity contribution in [3.05, 3.63) is 52.9 Å². The number of nitrogens with one attached hydrogen (secondary N) is 1. The van der Waals surface area contributed by atoms with E-state index in [0.717, 1.165) is 24.0 Å². The van der Waals surface area contributed by atoms with E-state index in [4.69, 9.17) is 22.1 Å².